The summed E-state index contributed by atoms with van der Waals surface area (Å²) in [6.45, 7) is 2.01. The van der Waals surface area contributed by atoms with E-state index in [0.717, 1.165) is 34.1 Å². The summed E-state index contributed by atoms with van der Waals surface area (Å²) >= 11 is 0. The zero-order chi connectivity index (χ0) is 19.9. The van der Waals surface area contributed by atoms with Crippen LogP contribution in [-0.4, -0.2) is 27.5 Å². The molecule has 0 spiro atoms. The summed E-state index contributed by atoms with van der Waals surface area (Å²) in [5.41, 5.74) is 2.85. The first-order chi connectivity index (χ1) is 13.6. The molecule has 144 valence electrons. The predicted octanol–water partition coefficient (Wildman–Crippen LogP) is 5.56. The van der Waals surface area contributed by atoms with E-state index in [1.54, 1.807) is 21.3 Å². The molecule has 0 unspecified atom stereocenters. The molecule has 0 saturated carbocycles. The molecule has 0 aliphatic rings. The Hall–Kier alpha value is -3.47. The van der Waals surface area contributed by atoms with Gasteiger partial charge >= 0.3 is 0 Å². The average Bonchev–Trinajstić information content (AvgIpc) is 2.74. The van der Waals surface area contributed by atoms with Gasteiger partial charge in [0.15, 0.2) is 11.5 Å². The molecule has 0 heterocycles. The van der Waals surface area contributed by atoms with E-state index < -0.39 is 0 Å². The third kappa shape index (κ3) is 4.62. The lowest BCUT2D eigenvalue weighted by atomic mass is 10.1. The Morgan fingerprint density at radius 1 is 0.679 bits per heavy atom. The van der Waals surface area contributed by atoms with Crippen LogP contribution < -0.4 is 18.9 Å². The summed E-state index contributed by atoms with van der Waals surface area (Å²) in [6, 6.07) is 18.9. The summed E-state index contributed by atoms with van der Waals surface area (Å²) in [7, 11) is 4.88. The van der Waals surface area contributed by atoms with Gasteiger partial charge in [-0.25, -0.2) is 0 Å². The lowest BCUT2D eigenvalue weighted by Crippen LogP contribution is -1.95. The quantitative estimate of drug-likeness (QED) is 0.506. The number of hydrogen-bond acceptors (Lipinski definition) is 5. The molecular formula is C23H23NO4. The molecule has 0 aliphatic carbocycles. The maximum Gasteiger partial charge on any atom is 0.161 e. The second kappa shape index (κ2) is 8.95. The average molecular weight is 377 g/mol. The van der Waals surface area contributed by atoms with Crippen molar-refractivity contribution in [2.45, 2.75) is 6.92 Å². The smallest absolute Gasteiger partial charge is 0.161 e. The minimum Gasteiger partial charge on any atom is -0.497 e. The third-order valence-electron chi connectivity index (χ3n) is 4.26. The van der Waals surface area contributed by atoms with Crippen molar-refractivity contribution in [3.05, 3.63) is 71.8 Å². The Labute approximate surface area is 165 Å². The number of aliphatic imine (C=N–C) groups is 1. The number of methoxy groups -OCH3 is 3. The van der Waals surface area contributed by atoms with Gasteiger partial charge in [-0.2, -0.15) is 0 Å². The zero-order valence-corrected chi connectivity index (χ0v) is 16.4. The van der Waals surface area contributed by atoms with Gasteiger partial charge in [0.1, 0.15) is 17.2 Å². The van der Waals surface area contributed by atoms with Crippen molar-refractivity contribution in [2.75, 3.05) is 21.3 Å². The molecule has 3 aromatic carbocycles. The second-order valence-electron chi connectivity index (χ2n) is 6.09. The molecule has 0 saturated heterocycles. The highest BCUT2D eigenvalue weighted by atomic mass is 16.5. The summed E-state index contributed by atoms with van der Waals surface area (Å²) < 4.78 is 21.7. The largest absolute Gasteiger partial charge is 0.497 e. The fourth-order valence-electron chi connectivity index (χ4n) is 2.66. The maximum absolute atomic E-state index is 5.83. The van der Waals surface area contributed by atoms with Crippen molar-refractivity contribution in [3.8, 4) is 28.7 Å². The van der Waals surface area contributed by atoms with Crippen LogP contribution in [-0.2, 0) is 0 Å². The Balaban J connectivity index is 1.71. The van der Waals surface area contributed by atoms with E-state index in [0.29, 0.717) is 11.5 Å². The van der Waals surface area contributed by atoms with Gasteiger partial charge in [-0.1, -0.05) is 0 Å². The van der Waals surface area contributed by atoms with Crippen molar-refractivity contribution in [3.63, 3.8) is 0 Å². The first-order valence-electron chi connectivity index (χ1n) is 8.81. The van der Waals surface area contributed by atoms with E-state index in [9.17, 15) is 0 Å². The van der Waals surface area contributed by atoms with Crippen molar-refractivity contribution < 1.29 is 18.9 Å². The van der Waals surface area contributed by atoms with Crippen LogP contribution in [0.4, 0.5) is 5.69 Å². The number of rotatable bonds is 7. The number of hydrogen-bond donors (Lipinski definition) is 0. The van der Waals surface area contributed by atoms with E-state index in [-0.39, 0.29) is 0 Å². The highest BCUT2D eigenvalue weighted by Crippen LogP contribution is 2.30. The monoisotopic (exact) mass is 377 g/mol. The maximum atomic E-state index is 5.83. The Kier molecular flexibility index (Phi) is 6.17. The van der Waals surface area contributed by atoms with Crippen LogP contribution in [0.15, 0.2) is 65.7 Å². The van der Waals surface area contributed by atoms with E-state index >= 15 is 0 Å². The van der Waals surface area contributed by atoms with Crippen LogP contribution in [0.2, 0.25) is 0 Å². The minimum absolute atomic E-state index is 0.679. The normalized spacial score (nSPS) is 10.7. The zero-order valence-electron chi connectivity index (χ0n) is 16.4. The number of nitrogens with zero attached hydrogens (tertiary/aromatic N) is 1. The lowest BCUT2D eigenvalue weighted by Gasteiger charge is -2.10. The molecule has 0 atom stereocenters. The van der Waals surface area contributed by atoms with Crippen LogP contribution in [0.3, 0.4) is 0 Å². The third-order valence-corrected chi connectivity index (χ3v) is 4.26. The van der Waals surface area contributed by atoms with Crippen molar-refractivity contribution in [1.82, 2.24) is 0 Å². The molecule has 0 radical (unpaired) electrons. The summed E-state index contributed by atoms with van der Waals surface area (Å²) in [6.07, 6.45) is 1.82. The molecule has 5 heteroatoms. The number of ether oxygens (including phenoxy) is 4. The van der Waals surface area contributed by atoms with Crippen LogP contribution in [0, 0.1) is 6.92 Å². The van der Waals surface area contributed by atoms with Crippen LogP contribution in [0.5, 0.6) is 28.7 Å². The van der Waals surface area contributed by atoms with Crippen molar-refractivity contribution >= 4 is 11.9 Å². The van der Waals surface area contributed by atoms with E-state index in [1.807, 2.05) is 73.8 Å². The molecule has 3 rings (SSSR count). The summed E-state index contributed by atoms with van der Waals surface area (Å²) in [4.78, 5) is 4.55. The molecule has 3 aromatic rings. The highest BCUT2D eigenvalue weighted by molar-refractivity contribution is 5.85. The predicted molar refractivity (Wildman–Crippen MR) is 111 cm³/mol. The molecule has 0 aromatic heterocycles. The number of aryl methyl sites for hydroxylation is 1. The Morgan fingerprint density at radius 2 is 1.21 bits per heavy atom. The van der Waals surface area contributed by atoms with Crippen LogP contribution >= 0.6 is 0 Å². The fourth-order valence-corrected chi connectivity index (χ4v) is 2.66. The van der Waals surface area contributed by atoms with Gasteiger partial charge in [0.25, 0.3) is 0 Å². The lowest BCUT2D eigenvalue weighted by molar-refractivity contribution is 0.354. The Morgan fingerprint density at radius 3 is 1.79 bits per heavy atom. The second-order valence-corrected chi connectivity index (χ2v) is 6.09. The van der Waals surface area contributed by atoms with Crippen molar-refractivity contribution in [2.24, 2.45) is 4.99 Å². The highest BCUT2D eigenvalue weighted by Gasteiger charge is 2.07. The summed E-state index contributed by atoms with van der Waals surface area (Å²) in [5, 5.41) is 0. The molecule has 0 N–H and O–H groups in total. The fraction of sp³-hybridized carbons (Fsp3) is 0.174. The van der Waals surface area contributed by atoms with Gasteiger partial charge in [0.2, 0.25) is 0 Å². The standard InChI is InChI=1S/C23H23NO4/c1-16-13-22(26-3)23(27-4)14-17(16)15-24-18-5-7-20(8-6-18)28-21-11-9-19(25-2)10-12-21/h5-15H,1-4H3. The summed E-state index contributed by atoms with van der Waals surface area (Å²) in [5.74, 6) is 3.67. The van der Waals surface area contributed by atoms with Crippen LogP contribution in [0.1, 0.15) is 11.1 Å². The molecule has 0 aliphatic heterocycles. The van der Waals surface area contributed by atoms with Gasteiger partial charge in [-0.3, -0.25) is 4.99 Å². The minimum atomic E-state index is 0.679. The van der Waals surface area contributed by atoms with Crippen molar-refractivity contribution in [1.29, 1.82) is 0 Å². The molecule has 0 amide bonds. The molecular weight excluding hydrogens is 354 g/mol. The van der Waals surface area contributed by atoms with Gasteiger partial charge in [-0.05, 0) is 78.7 Å². The van der Waals surface area contributed by atoms with E-state index in [4.69, 9.17) is 18.9 Å². The molecule has 5 nitrogen and oxygen atoms in total. The molecule has 28 heavy (non-hydrogen) atoms. The van der Waals surface area contributed by atoms with E-state index in [2.05, 4.69) is 4.99 Å². The van der Waals surface area contributed by atoms with Gasteiger partial charge in [0, 0.05) is 6.21 Å². The first-order valence-corrected chi connectivity index (χ1v) is 8.81. The number of benzene rings is 3. The molecule has 0 bridgehead atoms. The first kappa shape index (κ1) is 19.3. The van der Waals surface area contributed by atoms with E-state index in [1.165, 1.54) is 0 Å². The van der Waals surface area contributed by atoms with Gasteiger partial charge < -0.3 is 18.9 Å². The van der Waals surface area contributed by atoms with Gasteiger partial charge in [0.05, 0.1) is 27.0 Å². The SMILES string of the molecule is COc1ccc(Oc2ccc(N=Cc3cc(OC)c(OC)cc3C)cc2)cc1. The van der Waals surface area contributed by atoms with Crippen LogP contribution in [0.25, 0.3) is 0 Å². The Bertz CT molecular complexity index is 948. The topological polar surface area (TPSA) is 49.3 Å². The molecule has 0 fully saturated rings. The van der Waals surface area contributed by atoms with Gasteiger partial charge in [-0.15, -0.1) is 0 Å².